The van der Waals surface area contributed by atoms with Crippen molar-refractivity contribution < 1.29 is 5.11 Å². The Labute approximate surface area is 128 Å². The fourth-order valence-corrected chi connectivity index (χ4v) is 3.33. The highest BCUT2D eigenvalue weighted by Gasteiger charge is 2.18. The van der Waals surface area contributed by atoms with Gasteiger partial charge in [-0.2, -0.15) is 0 Å². The van der Waals surface area contributed by atoms with Crippen molar-refractivity contribution in [1.29, 1.82) is 0 Å². The van der Waals surface area contributed by atoms with Crippen LogP contribution in [-0.4, -0.2) is 19.6 Å². The summed E-state index contributed by atoms with van der Waals surface area (Å²) in [7, 11) is 0. The molecule has 0 unspecified atom stereocenters. The van der Waals surface area contributed by atoms with Gasteiger partial charge >= 0.3 is 0 Å². The number of rotatable bonds is 3. The molecule has 0 fully saturated rings. The molecule has 3 aromatic rings. The topological polar surface area (TPSA) is 50.9 Å². The summed E-state index contributed by atoms with van der Waals surface area (Å²) < 4.78 is 2.06. The van der Waals surface area contributed by atoms with E-state index >= 15 is 0 Å². The Balaban J connectivity index is 1.97. The first-order valence-electron chi connectivity index (χ1n) is 6.97. The molecule has 0 spiro atoms. The Hall–Kier alpha value is -1.72. The summed E-state index contributed by atoms with van der Waals surface area (Å²) in [5.41, 5.74) is 3.00. The van der Waals surface area contributed by atoms with E-state index < -0.39 is 0 Å². The van der Waals surface area contributed by atoms with Gasteiger partial charge in [-0.25, -0.2) is 9.97 Å². The predicted molar refractivity (Wildman–Crippen MR) is 85.6 cm³/mol. The SMILES string of the molecule is CC(C)(C)c1csc(Cn2cc(CO)c3cccnc32)n1. The molecule has 0 amide bonds. The van der Waals surface area contributed by atoms with Gasteiger partial charge < -0.3 is 9.67 Å². The second kappa shape index (κ2) is 5.24. The molecule has 4 nitrogen and oxygen atoms in total. The molecule has 3 aromatic heterocycles. The number of aliphatic hydroxyl groups is 1. The van der Waals surface area contributed by atoms with E-state index in [1.807, 2.05) is 18.3 Å². The number of thiazole rings is 1. The average Bonchev–Trinajstić information content (AvgIpc) is 3.04. The van der Waals surface area contributed by atoms with E-state index in [4.69, 9.17) is 4.98 Å². The Kier molecular flexibility index (Phi) is 3.55. The maximum Gasteiger partial charge on any atom is 0.140 e. The van der Waals surface area contributed by atoms with Crippen LogP contribution in [0.1, 0.15) is 37.0 Å². The zero-order chi connectivity index (χ0) is 15.0. The first kappa shape index (κ1) is 14.2. The lowest BCUT2D eigenvalue weighted by molar-refractivity contribution is 0.283. The van der Waals surface area contributed by atoms with Crippen LogP contribution in [0.5, 0.6) is 0 Å². The van der Waals surface area contributed by atoms with E-state index in [0.717, 1.165) is 27.3 Å². The molecular weight excluding hydrogens is 282 g/mol. The molecule has 21 heavy (non-hydrogen) atoms. The molecule has 5 heteroatoms. The molecule has 0 aliphatic heterocycles. The second-order valence-electron chi connectivity index (χ2n) is 6.19. The van der Waals surface area contributed by atoms with E-state index in [1.54, 1.807) is 17.5 Å². The highest BCUT2D eigenvalue weighted by atomic mass is 32.1. The third-order valence-corrected chi connectivity index (χ3v) is 4.35. The molecular formula is C16H19N3OS. The summed E-state index contributed by atoms with van der Waals surface area (Å²) in [5.74, 6) is 0. The summed E-state index contributed by atoms with van der Waals surface area (Å²) in [6, 6.07) is 3.89. The molecule has 0 aliphatic rings. The van der Waals surface area contributed by atoms with E-state index in [2.05, 4.69) is 35.7 Å². The van der Waals surface area contributed by atoms with Crippen LogP contribution in [0, 0.1) is 0 Å². The van der Waals surface area contributed by atoms with Gasteiger partial charge in [0.05, 0.1) is 18.8 Å². The lowest BCUT2D eigenvalue weighted by Crippen LogP contribution is -2.11. The number of fused-ring (bicyclic) bond motifs is 1. The van der Waals surface area contributed by atoms with Crippen molar-refractivity contribution in [3.05, 3.63) is 46.2 Å². The molecule has 0 aromatic carbocycles. The normalized spacial score (nSPS) is 12.2. The van der Waals surface area contributed by atoms with Crippen molar-refractivity contribution in [1.82, 2.24) is 14.5 Å². The van der Waals surface area contributed by atoms with Crippen molar-refractivity contribution in [2.75, 3.05) is 0 Å². The molecule has 1 N–H and O–H groups in total. The van der Waals surface area contributed by atoms with Crippen LogP contribution in [0.4, 0.5) is 0 Å². The number of aromatic nitrogens is 3. The minimum Gasteiger partial charge on any atom is -0.392 e. The van der Waals surface area contributed by atoms with Crippen LogP contribution in [-0.2, 0) is 18.6 Å². The van der Waals surface area contributed by atoms with Crippen LogP contribution in [0.25, 0.3) is 11.0 Å². The minimum absolute atomic E-state index is 0.0281. The van der Waals surface area contributed by atoms with Crippen molar-refractivity contribution >= 4 is 22.4 Å². The maximum atomic E-state index is 9.47. The molecule has 3 rings (SSSR count). The van der Waals surface area contributed by atoms with Gasteiger partial charge in [0.15, 0.2) is 0 Å². The fraction of sp³-hybridized carbons (Fsp3) is 0.375. The Morgan fingerprint density at radius 3 is 2.81 bits per heavy atom. The average molecular weight is 301 g/mol. The number of hydrogen-bond acceptors (Lipinski definition) is 4. The lowest BCUT2D eigenvalue weighted by Gasteiger charge is -2.14. The van der Waals surface area contributed by atoms with Crippen LogP contribution in [0.15, 0.2) is 29.9 Å². The van der Waals surface area contributed by atoms with Gasteiger partial charge in [0.25, 0.3) is 0 Å². The first-order chi connectivity index (χ1) is 9.99. The van der Waals surface area contributed by atoms with Crippen molar-refractivity contribution in [3.63, 3.8) is 0 Å². The van der Waals surface area contributed by atoms with Crippen LogP contribution >= 0.6 is 11.3 Å². The molecule has 0 saturated carbocycles. The molecule has 0 atom stereocenters. The van der Waals surface area contributed by atoms with Gasteiger partial charge in [0, 0.05) is 34.1 Å². The zero-order valence-corrected chi connectivity index (χ0v) is 13.3. The Morgan fingerprint density at radius 2 is 2.14 bits per heavy atom. The van der Waals surface area contributed by atoms with E-state index in [-0.39, 0.29) is 12.0 Å². The quantitative estimate of drug-likeness (QED) is 0.807. The summed E-state index contributed by atoms with van der Waals surface area (Å²) in [6.07, 6.45) is 3.75. The van der Waals surface area contributed by atoms with Crippen molar-refractivity contribution in [3.8, 4) is 0 Å². The number of pyridine rings is 1. The Morgan fingerprint density at radius 1 is 1.33 bits per heavy atom. The third-order valence-electron chi connectivity index (χ3n) is 3.51. The van der Waals surface area contributed by atoms with Crippen molar-refractivity contribution in [2.24, 2.45) is 0 Å². The standard InChI is InChI=1S/C16H19N3OS/c1-16(2,3)13-10-21-14(18-13)8-19-7-11(9-20)12-5-4-6-17-15(12)19/h4-7,10,20H,8-9H2,1-3H3. The molecule has 0 radical (unpaired) electrons. The first-order valence-corrected chi connectivity index (χ1v) is 7.85. The predicted octanol–water partition coefficient (Wildman–Crippen LogP) is 3.33. The van der Waals surface area contributed by atoms with E-state index in [0.29, 0.717) is 6.54 Å². The van der Waals surface area contributed by atoms with Gasteiger partial charge in [-0.1, -0.05) is 20.8 Å². The van der Waals surface area contributed by atoms with E-state index in [1.165, 1.54) is 0 Å². The number of nitrogens with zero attached hydrogens (tertiary/aromatic N) is 3. The summed E-state index contributed by atoms with van der Waals surface area (Å²) in [5, 5.41) is 13.7. The minimum atomic E-state index is 0.0281. The van der Waals surface area contributed by atoms with Crippen LogP contribution < -0.4 is 0 Å². The smallest absolute Gasteiger partial charge is 0.140 e. The fourth-order valence-electron chi connectivity index (χ4n) is 2.32. The third kappa shape index (κ3) is 2.71. The summed E-state index contributed by atoms with van der Waals surface area (Å²) in [4.78, 5) is 9.16. The van der Waals surface area contributed by atoms with Gasteiger partial charge in [0.2, 0.25) is 0 Å². The van der Waals surface area contributed by atoms with Gasteiger partial charge in [-0.15, -0.1) is 11.3 Å². The highest BCUT2D eigenvalue weighted by molar-refractivity contribution is 7.09. The highest BCUT2D eigenvalue weighted by Crippen LogP contribution is 2.26. The second-order valence-corrected chi connectivity index (χ2v) is 7.13. The van der Waals surface area contributed by atoms with E-state index in [9.17, 15) is 5.11 Å². The number of hydrogen-bond donors (Lipinski definition) is 1. The monoisotopic (exact) mass is 301 g/mol. The number of aliphatic hydroxyl groups excluding tert-OH is 1. The molecule has 0 aliphatic carbocycles. The lowest BCUT2D eigenvalue weighted by atomic mass is 9.93. The van der Waals surface area contributed by atoms with Gasteiger partial charge in [-0.3, -0.25) is 0 Å². The molecule has 0 saturated heterocycles. The van der Waals surface area contributed by atoms with Gasteiger partial charge in [-0.05, 0) is 12.1 Å². The molecule has 110 valence electrons. The maximum absolute atomic E-state index is 9.47. The van der Waals surface area contributed by atoms with Crippen LogP contribution in [0.2, 0.25) is 0 Å². The summed E-state index contributed by atoms with van der Waals surface area (Å²) >= 11 is 1.67. The molecule has 0 bridgehead atoms. The summed E-state index contributed by atoms with van der Waals surface area (Å²) in [6.45, 7) is 7.22. The Bertz CT molecular complexity index is 767. The van der Waals surface area contributed by atoms with Crippen LogP contribution in [0.3, 0.4) is 0 Å². The van der Waals surface area contributed by atoms with Gasteiger partial charge in [0.1, 0.15) is 10.7 Å². The largest absolute Gasteiger partial charge is 0.392 e. The van der Waals surface area contributed by atoms with Crippen molar-refractivity contribution in [2.45, 2.75) is 39.3 Å². The molecule has 3 heterocycles. The zero-order valence-electron chi connectivity index (χ0n) is 12.5.